The zero-order valence-electron chi connectivity index (χ0n) is 18.6. The van der Waals surface area contributed by atoms with E-state index in [2.05, 4.69) is 9.97 Å². The van der Waals surface area contributed by atoms with Gasteiger partial charge in [-0.1, -0.05) is 13.3 Å². The van der Waals surface area contributed by atoms with Crippen LogP contribution in [0.25, 0.3) is 0 Å². The molecular formula is C20H26F8N4O2. The fourth-order valence-corrected chi connectivity index (χ4v) is 3.15. The van der Waals surface area contributed by atoms with Gasteiger partial charge < -0.3 is 14.6 Å². The molecule has 0 saturated heterocycles. The molecule has 1 aliphatic heterocycles. The fraction of sp³-hybridized carbons (Fsp3) is 0.700. The van der Waals surface area contributed by atoms with E-state index in [0.29, 0.717) is 19.2 Å². The third kappa shape index (κ3) is 9.47. The quantitative estimate of drug-likeness (QED) is 0.368. The third-order valence-corrected chi connectivity index (χ3v) is 4.79. The lowest BCUT2D eigenvalue weighted by atomic mass is 10.0. The molecule has 0 aliphatic carbocycles. The lowest BCUT2D eigenvalue weighted by Gasteiger charge is -2.27. The van der Waals surface area contributed by atoms with E-state index in [4.69, 9.17) is 0 Å². The highest BCUT2D eigenvalue weighted by atomic mass is 19.4. The summed E-state index contributed by atoms with van der Waals surface area (Å²) >= 11 is 0. The topological polar surface area (TPSA) is 66.4 Å². The predicted octanol–water partition coefficient (Wildman–Crippen LogP) is 4.36. The second-order valence-corrected chi connectivity index (χ2v) is 7.80. The van der Waals surface area contributed by atoms with Crippen LogP contribution in [-0.2, 0) is 34.9 Å². The molecule has 0 aromatic carbocycles. The summed E-state index contributed by atoms with van der Waals surface area (Å²) in [6, 6.07) is 0. The van der Waals surface area contributed by atoms with Gasteiger partial charge in [0, 0.05) is 24.9 Å². The maximum atomic E-state index is 13.1. The number of hydrogen-bond donors (Lipinski definition) is 0. The Kier molecular flexibility index (Phi) is 10.8. The van der Waals surface area contributed by atoms with Crippen LogP contribution in [0, 0.1) is 0 Å². The van der Waals surface area contributed by atoms with E-state index in [-0.39, 0.29) is 37.9 Å². The van der Waals surface area contributed by atoms with Gasteiger partial charge in [0.15, 0.2) is 5.69 Å². The molecule has 0 fully saturated rings. The lowest BCUT2D eigenvalue weighted by molar-refractivity contribution is -0.153. The SMILES string of the molecule is CCCCN(C)CC(F)(F)CCC=O.O=CN1CCc2c(nc(C(F)(F)F)nc2C(F)(F)F)C1. The maximum absolute atomic E-state index is 13.1. The van der Waals surface area contributed by atoms with Gasteiger partial charge in [0.05, 0.1) is 18.8 Å². The molecule has 0 radical (unpaired) electrons. The molecular weight excluding hydrogens is 480 g/mol. The highest BCUT2D eigenvalue weighted by Gasteiger charge is 2.43. The van der Waals surface area contributed by atoms with Crippen molar-refractivity contribution in [1.82, 2.24) is 19.8 Å². The number of alkyl halides is 8. The number of aldehydes is 1. The van der Waals surface area contributed by atoms with E-state index in [1.165, 1.54) is 0 Å². The van der Waals surface area contributed by atoms with E-state index >= 15 is 0 Å². The van der Waals surface area contributed by atoms with Crippen LogP contribution in [0.2, 0.25) is 0 Å². The van der Waals surface area contributed by atoms with Crippen molar-refractivity contribution in [3.8, 4) is 0 Å². The molecule has 2 rings (SSSR count). The Bertz CT molecular complexity index is 815. The smallest absolute Gasteiger partial charge is 0.339 e. The van der Waals surface area contributed by atoms with Gasteiger partial charge in [-0.05, 0) is 26.4 Å². The summed E-state index contributed by atoms with van der Waals surface area (Å²) in [5, 5.41) is 0. The van der Waals surface area contributed by atoms with Gasteiger partial charge in [-0.2, -0.15) is 26.3 Å². The summed E-state index contributed by atoms with van der Waals surface area (Å²) in [7, 11) is 1.68. The first-order valence-corrected chi connectivity index (χ1v) is 10.4. The second kappa shape index (κ2) is 12.4. The zero-order valence-corrected chi connectivity index (χ0v) is 18.6. The Morgan fingerprint density at radius 2 is 1.68 bits per heavy atom. The van der Waals surface area contributed by atoms with E-state index in [9.17, 15) is 44.7 Å². The van der Waals surface area contributed by atoms with Gasteiger partial charge in [0.25, 0.3) is 5.92 Å². The number of rotatable bonds is 9. The summed E-state index contributed by atoms with van der Waals surface area (Å²) in [5.41, 5.74) is -2.39. The summed E-state index contributed by atoms with van der Waals surface area (Å²) in [6.07, 6.45) is -7.90. The van der Waals surface area contributed by atoms with Gasteiger partial charge in [-0.15, -0.1) is 0 Å². The van der Waals surface area contributed by atoms with Crippen LogP contribution in [-0.4, -0.2) is 65.1 Å². The molecule has 0 spiro atoms. The average molecular weight is 506 g/mol. The third-order valence-electron chi connectivity index (χ3n) is 4.79. The molecule has 0 saturated carbocycles. The van der Waals surface area contributed by atoms with Gasteiger partial charge in [-0.3, -0.25) is 4.79 Å². The van der Waals surface area contributed by atoms with Crippen molar-refractivity contribution in [2.45, 2.75) is 63.8 Å². The second-order valence-electron chi connectivity index (χ2n) is 7.80. The first-order valence-electron chi connectivity index (χ1n) is 10.4. The summed E-state index contributed by atoms with van der Waals surface area (Å²) in [4.78, 5) is 28.9. The molecule has 0 bridgehead atoms. The van der Waals surface area contributed by atoms with Crippen molar-refractivity contribution in [1.29, 1.82) is 0 Å². The normalized spacial score (nSPS) is 14.4. The first kappa shape index (κ1) is 29.7. The van der Waals surface area contributed by atoms with E-state index in [1.807, 2.05) is 6.92 Å². The van der Waals surface area contributed by atoms with Crippen molar-refractivity contribution < 1.29 is 44.7 Å². The molecule has 1 aromatic heterocycles. The van der Waals surface area contributed by atoms with Gasteiger partial charge >= 0.3 is 12.4 Å². The fourth-order valence-electron chi connectivity index (χ4n) is 3.15. The number of unbranched alkanes of at least 4 members (excludes halogenated alkanes) is 1. The van der Waals surface area contributed by atoms with Crippen LogP contribution in [0.3, 0.4) is 0 Å². The lowest BCUT2D eigenvalue weighted by Crippen LogP contribution is -2.35. The van der Waals surface area contributed by atoms with Gasteiger partial charge in [0.2, 0.25) is 12.2 Å². The standard InChI is InChI=1S/C10H7F6N3O.C10H19F2NO/c11-9(12,13)7-5-1-2-19(4-20)3-6(5)17-8(18-7)10(14,15)16;1-3-4-7-13(2)9-10(11,12)6-5-8-14/h4H,1-3H2;8H,3-7,9H2,1-2H3. The van der Waals surface area contributed by atoms with Crippen LogP contribution < -0.4 is 0 Å². The van der Waals surface area contributed by atoms with Crippen molar-refractivity contribution in [2.75, 3.05) is 26.7 Å². The number of aromatic nitrogens is 2. The molecule has 1 aromatic rings. The molecule has 2 heterocycles. The molecule has 0 unspecified atom stereocenters. The van der Waals surface area contributed by atoms with Crippen molar-refractivity contribution in [2.24, 2.45) is 0 Å². The van der Waals surface area contributed by atoms with Crippen LogP contribution in [0.5, 0.6) is 0 Å². The Morgan fingerprint density at radius 3 is 2.18 bits per heavy atom. The van der Waals surface area contributed by atoms with E-state index < -0.39 is 42.0 Å². The maximum Gasteiger partial charge on any atom is 0.451 e. The minimum absolute atomic E-state index is 0.0195. The Balaban J connectivity index is 0.000000365. The number of nitrogens with zero attached hydrogens (tertiary/aromatic N) is 4. The van der Waals surface area contributed by atoms with Crippen molar-refractivity contribution in [3.05, 3.63) is 22.8 Å². The molecule has 1 aliphatic rings. The number of carbonyl (C=O) groups excluding carboxylic acids is 2. The number of carbonyl (C=O) groups is 2. The van der Waals surface area contributed by atoms with Gasteiger partial charge in [-0.25, -0.2) is 18.7 Å². The summed E-state index contributed by atoms with van der Waals surface area (Å²) in [5.74, 6) is -4.58. The average Bonchev–Trinajstić information content (AvgIpc) is 2.73. The first-order chi connectivity index (χ1) is 15.6. The summed E-state index contributed by atoms with van der Waals surface area (Å²) < 4.78 is 102. The van der Waals surface area contributed by atoms with Gasteiger partial charge in [0.1, 0.15) is 6.29 Å². The van der Waals surface area contributed by atoms with Crippen LogP contribution in [0.1, 0.15) is 55.4 Å². The Hall–Kier alpha value is -2.38. The van der Waals surface area contributed by atoms with Crippen molar-refractivity contribution in [3.63, 3.8) is 0 Å². The molecule has 194 valence electrons. The molecule has 34 heavy (non-hydrogen) atoms. The largest absolute Gasteiger partial charge is 0.451 e. The minimum Gasteiger partial charge on any atom is -0.339 e. The Labute approximate surface area is 191 Å². The zero-order chi connectivity index (χ0) is 26.2. The predicted molar refractivity (Wildman–Crippen MR) is 105 cm³/mol. The summed E-state index contributed by atoms with van der Waals surface area (Å²) in [6.45, 7) is 2.05. The number of amides is 1. The molecule has 0 N–H and O–H groups in total. The Morgan fingerprint density at radius 1 is 1.03 bits per heavy atom. The van der Waals surface area contributed by atoms with Crippen LogP contribution in [0.4, 0.5) is 35.1 Å². The molecule has 0 atom stereocenters. The molecule has 6 nitrogen and oxygen atoms in total. The van der Waals surface area contributed by atoms with Crippen LogP contribution in [0.15, 0.2) is 0 Å². The number of halogens is 8. The molecule has 14 heteroatoms. The van der Waals surface area contributed by atoms with E-state index in [1.54, 1.807) is 11.9 Å². The highest BCUT2D eigenvalue weighted by Crippen LogP contribution is 2.36. The monoisotopic (exact) mass is 506 g/mol. The van der Waals surface area contributed by atoms with Crippen molar-refractivity contribution >= 4 is 12.7 Å². The highest BCUT2D eigenvalue weighted by molar-refractivity contribution is 5.49. The van der Waals surface area contributed by atoms with E-state index in [0.717, 1.165) is 17.7 Å². The van der Waals surface area contributed by atoms with Crippen LogP contribution >= 0.6 is 0 Å². The minimum atomic E-state index is -5.08. The number of hydrogen-bond acceptors (Lipinski definition) is 5. The molecule has 1 amide bonds. The number of fused-ring (bicyclic) bond motifs is 1.